The topological polar surface area (TPSA) is 75.6 Å². The lowest BCUT2D eigenvalue weighted by Crippen LogP contribution is -2.47. The number of piperazine rings is 1. The van der Waals surface area contributed by atoms with Crippen molar-refractivity contribution in [1.29, 1.82) is 0 Å². The molecule has 1 fully saturated rings. The van der Waals surface area contributed by atoms with Crippen LogP contribution in [0.3, 0.4) is 0 Å². The van der Waals surface area contributed by atoms with Crippen molar-refractivity contribution in [2.24, 2.45) is 0 Å². The van der Waals surface area contributed by atoms with Crippen molar-refractivity contribution in [1.82, 2.24) is 15.2 Å². The molecule has 2 heterocycles. The fourth-order valence-corrected chi connectivity index (χ4v) is 3.37. The molecule has 1 aliphatic heterocycles. The fraction of sp³-hybridized carbons (Fsp3) is 0.286. The first-order valence-corrected chi connectivity index (χ1v) is 9.50. The summed E-state index contributed by atoms with van der Waals surface area (Å²) in [6.07, 6.45) is 1.71. The Hall–Kier alpha value is -3.55. The number of ether oxygens (including phenoxy) is 2. The van der Waals surface area contributed by atoms with E-state index >= 15 is 0 Å². The third kappa shape index (κ3) is 4.31. The largest absolute Gasteiger partial charge is 0.497 e. The van der Waals surface area contributed by atoms with Crippen molar-refractivity contribution < 1.29 is 9.47 Å². The lowest BCUT2D eigenvalue weighted by molar-refractivity contribution is 0.413. The van der Waals surface area contributed by atoms with Gasteiger partial charge in [0, 0.05) is 31.9 Å². The summed E-state index contributed by atoms with van der Waals surface area (Å²) in [6, 6.07) is 15.7. The van der Waals surface area contributed by atoms with E-state index in [9.17, 15) is 0 Å². The maximum atomic E-state index is 5.49. The first-order chi connectivity index (χ1) is 14.3. The van der Waals surface area contributed by atoms with E-state index in [1.54, 1.807) is 20.4 Å². The van der Waals surface area contributed by atoms with Gasteiger partial charge in [-0.1, -0.05) is 12.1 Å². The van der Waals surface area contributed by atoms with Crippen LogP contribution in [0.5, 0.6) is 11.5 Å². The molecule has 150 valence electrons. The predicted molar refractivity (Wildman–Crippen MR) is 114 cm³/mol. The average Bonchev–Trinajstić information content (AvgIpc) is 2.80. The van der Waals surface area contributed by atoms with Crippen LogP contribution in [0.15, 0.2) is 54.7 Å². The van der Waals surface area contributed by atoms with Gasteiger partial charge < -0.3 is 24.6 Å². The number of anilines is 4. The van der Waals surface area contributed by atoms with E-state index in [-0.39, 0.29) is 0 Å². The molecule has 0 saturated carbocycles. The molecular weight excluding hydrogens is 368 g/mol. The normalized spacial score (nSPS) is 13.9. The Morgan fingerprint density at radius 2 is 1.59 bits per heavy atom. The highest BCUT2D eigenvalue weighted by Gasteiger charge is 2.21. The van der Waals surface area contributed by atoms with E-state index in [0.29, 0.717) is 5.95 Å². The molecular formula is C21H24N6O2. The Labute approximate surface area is 170 Å². The Bertz CT molecular complexity index is 942. The number of benzene rings is 2. The van der Waals surface area contributed by atoms with Crippen LogP contribution in [0.4, 0.5) is 23.1 Å². The van der Waals surface area contributed by atoms with E-state index in [0.717, 1.165) is 54.9 Å². The van der Waals surface area contributed by atoms with Gasteiger partial charge in [0.05, 0.1) is 26.1 Å². The first-order valence-electron chi connectivity index (χ1n) is 9.50. The fourth-order valence-electron chi connectivity index (χ4n) is 3.37. The van der Waals surface area contributed by atoms with Crippen LogP contribution in [0.2, 0.25) is 0 Å². The number of nitrogens with one attached hydrogen (secondary N) is 1. The second kappa shape index (κ2) is 8.64. The monoisotopic (exact) mass is 392 g/mol. The number of para-hydroxylation sites is 2. The van der Waals surface area contributed by atoms with Gasteiger partial charge >= 0.3 is 0 Å². The van der Waals surface area contributed by atoms with Gasteiger partial charge in [-0.25, -0.2) is 0 Å². The number of nitrogens with zero attached hydrogens (tertiary/aromatic N) is 5. The SMILES string of the molecule is COc1ccc(Nc2nncc(N3CCN(c4ccccc4OC)CC3)n2)cc1. The summed E-state index contributed by atoms with van der Waals surface area (Å²) in [5.74, 6) is 2.99. The maximum Gasteiger partial charge on any atom is 0.249 e. The minimum Gasteiger partial charge on any atom is -0.497 e. The molecule has 1 aromatic heterocycles. The molecule has 0 spiro atoms. The quantitative estimate of drug-likeness (QED) is 0.686. The van der Waals surface area contributed by atoms with E-state index in [4.69, 9.17) is 9.47 Å². The van der Waals surface area contributed by atoms with E-state index in [1.807, 2.05) is 42.5 Å². The molecule has 3 aromatic rings. The smallest absolute Gasteiger partial charge is 0.249 e. The molecule has 8 nitrogen and oxygen atoms in total. The lowest BCUT2D eigenvalue weighted by atomic mass is 10.2. The van der Waals surface area contributed by atoms with Gasteiger partial charge in [0.25, 0.3) is 0 Å². The Balaban J connectivity index is 1.41. The van der Waals surface area contributed by atoms with Crippen molar-refractivity contribution in [2.45, 2.75) is 0 Å². The van der Waals surface area contributed by atoms with Crippen LogP contribution in [-0.2, 0) is 0 Å². The highest BCUT2D eigenvalue weighted by molar-refractivity contribution is 5.60. The van der Waals surface area contributed by atoms with Gasteiger partial charge in [-0.05, 0) is 36.4 Å². The molecule has 0 radical (unpaired) electrons. The van der Waals surface area contributed by atoms with E-state index in [2.05, 4.69) is 36.4 Å². The summed E-state index contributed by atoms with van der Waals surface area (Å²) in [6.45, 7) is 3.45. The zero-order chi connectivity index (χ0) is 20.1. The van der Waals surface area contributed by atoms with Crippen LogP contribution in [-0.4, -0.2) is 55.6 Å². The van der Waals surface area contributed by atoms with Crippen molar-refractivity contribution in [2.75, 3.05) is 55.5 Å². The van der Waals surface area contributed by atoms with Crippen LogP contribution >= 0.6 is 0 Å². The number of aromatic nitrogens is 3. The second-order valence-corrected chi connectivity index (χ2v) is 6.64. The summed E-state index contributed by atoms with van der Waals surface area (Å²) < 4.78 is 10.7. The lowest BCUT2D eigenvalue weighted by Gasteiger charge is -2.37. The third-order valence-corrected chi connectivity index (χ3v) is 4.92. The van der Waals surface area contributed by atoms with E-state index in [1.165, 1.54) is 0 Å². The molecule has 0 atom stereocenters. The highest BCUT2D eigenvalue weighted by Crippen LogP contribution is 2.29. The standard InChI is InChI=1S/C21H24N6O2/c1-28-17-9-7-16(8-10-17)23-21-24-20(15-22-25-21)27-13-11-26(12-14-27)18-5-3-4-6-19(18)29-2/h3-10,15H,11-14H2,1-2H3,(H,23,24,25). The minimum atomic E-state index is 0.472. The maximum absolute atomic E-state index is 5.49. The molecule has 0 bridgehead atoms. The first kappa shape index (κ1) is 18.8. The van der Waals surface area contributed by atoms with Crippen molar-refractivity contribution >= 4 is 23.1 Å². The second-order valence-electron chi connectivity index (χ2n) is 6.64. The van der Waals surface area contributed by atoms with Crippen molar-refractivity contribution in [3.05, 3.63) is 54.7 Å². The molecule has 0 unspecified atom stereocenters. The van der Waals surface area contributed by atoms with Gasteiger partial charge in [0.1, 0.15) is 11.5 Å². The van der Waals surface area contributed by atoms with Gasteiger partial charge in [0.2, 0.25) is 5.95 Å². The Morgan fingerprint density at radius 3 is 2.31 bits per heavy atom. The molecule has 2 aromatic carbocycles. The van der Waals surface area contributed by atoms with Gasteiger partial charge in [-0.3, -0.25) is 0 Å². The summed E-state index contributed by atoms with van der Waals surface area (Å²) in [5.41, 5.74) is 2.00. The molecule has 0 amide bonds. The molecule has 8 heteroatoms. The minimum absolute atomic E-state index is 0.472. The molecule has 1 N–H and O–H groups in total. The number of methoxy groups -OCH3 is 2. The number of hydrogen-bond acceptors (Lipinski definition) is 8. The van der Waals surface area contributed by atoms with Crippen LogP contribution in [0.25, 0.3) is 0 Å². The third-order valence-electron chi connectivity index (χ3n) is 4.92. The van der Waals surface area contributed by atoms with Gasteiger partial charge in [-0.15, -0.1) is 5.10 Å². The van der Waals surface area contributed by atoms with Crippen molar-refractivity contribution in [3.63, 3.8) is 0 Å². The number of hydrogen-bond donors (Lipinski definition) is 1. The molecule has 29 heavy (non-hydrogen) atoms. The molecule has 1 saturated heterocycles. The van der Waals surface area contributed by atoms with Crippen LogP contribution in [0, 0.1) is 0 Å². The zero-order valence-corrected chi connectivity index (χ0v) is 16.6. The van der Waals surface area contributed by atoms with Crippen molar-refractivity contribution in [3.8, 4) is 11.5 Å². The number of rotatable bonds is 6. The van der Waals surface area contributed by atoms with Crippen LogP contribution < -0.4 is 24.6 Å². The molecule has 1 aliphatic rings. The summed E-state index contributed by atoms with van der Waals surface area (Å²) in [4.78, 5) is 9.19. The van der Waals surface area contributed by atoms with Crippen LogP contribution in [0.1, 0.15) is 0 Å². The Morgan fingerprint density at radius 1 is 0.862 bits per heavy atom. The predicted octanol–water partition coefficient (Wildman–Crippen LogP) is 2.96. The highest BCUT2D eigenvalue weighted by atomic mass is 16.5. The van der Waals surface area contributed by atoms with Gasteiger partial charge in [-0.2, -0.15) is 10.1 Å². The molecule has 4 rings (SSSR count). The zero-order valence-electron chi connectivity index (χ0n) is 16.6. The molecule has 0 aliphatic carbocycles. The summed E-state index contributed by atoms with van der Waals surface area (Å²) in [5, 5.41) is 11.4. The van der Waals surface area contributed by atoms with Gasteiger partial charge in [0.15, 0.2) is 5.82 Å². The summed E-state index contributed by atoms with van der Waals surface area (Å²) >= 11 is 0. The average molecular weight is 392 g/mol. The Kier molecular flexibility index (Phi) is 5.60. The van der Waals surface area contributed by atoms with E-state index < -0.39 is 0 Å². The summed E-state index contributed by atoms with van der Waals surface area (Å²) in [7, 11) is 3.35.